The molecule has 2 amide bonds. The smallest absolute Gasteiger partial charge is 0.315 e. The summed E-state index contributed by atoms with van der Waals surface area (Å²) >= 11 is 0. The quantitative estimate of drug-likeness (QED) is 0.742. The molecular formula is C20H30N2O3. The van der Waals surface area contributed by atoms with E-state index in [0.717, 1.165) is 31.2 Å². The van der Waals surface area contributed by atoms with E-state index in [2.05, 4.69) is 10.6 Å². The second-order valence-electron chi connectivity index (χ2n) is 7.79. The van der Waals surface area contributed by atoms with Gasteiger partial charge in [0.25, 0.3) is 0 Å². The zero-order valence-electron chi connectivity index (χ0n) is 15.1. The Morgan fingerprint density at radius 2 is 1.88 bits per heavy atom. The molecule has 3 N–H and O–H groups in total. The third kappa shape index (κ3) is 4.33. The zero-order valence-corrected chi connectivity index (χ0v) is 15.1. The van der Waals surface area contributed by atoms with Crippen LogP contribution in [0.15, 0.2) is 30.3 Å². The Hall–Kier alpha value is -1.59. The maximum atomic E-state index is 12.2. The molecule has 0 unspecified atom stereocenters. The summed E-state index contributed by atoms with van der Waals surface area (Å²) in [5.41, 5.74) is 0.348. The molecule has 5 nitrogen and oxygen atoms in total. The molecule has 1 aromatic carbocycles. The van der Waals surface area contributed by atoms with Crippen LogP contribution in [0, 0.1) is 5.41 Å². The number of hydrogen-bond acceptors (Lipinski definition) is 3. The Bertz CT molecular complexity index is 564. The number of carbonyl (C=O) groups excluding carboxylic acids is 1. The molecule has 138 valence electrons. The Balaban J connectivity index is 1.43. The van der Waals surface area contributed by atoms with Crippen molar-refractivity contribution in [2.75, 3.05) is 20.3 Å². The Kier molecular flexibility index (Phi) is 5.64. The molecule has 2 aliphatic carbocycles. The monoisotopic (exact) mass is 346 g/mol. The first-order valence-electron chi connectivity index (χ1n) is 9.37. The van der Waals surface area contributed by atoms with Gasteiger partial charge in [0, 0.05) is 25.1 Å². The largest absolute Gasteiger partial charge is 0.385 e. The molecule has 0 saturated heterocycles. The number of nitrogens with one attached hydrogen (secondary N) is 2. The molecule has 2 fully saturated rings. The summed E-state index contributed by atoms with van der Waals surface area (Å²) in [5.74, 6) is 0. The van der Waals surface area contributed by atoms with E-state index in [9.17, 15) is 9.90 Å². The molecule has 5 heteroatoms. The minimum atomic E-state index is -0.760. The average Bonchev–Trinajstić information content (AvgIpc) is 2.60. The summed E-state index contributed by atoms with van der Waals surface area (Å²) in [6.07, 6.45) is 6.39. The van der Waals surface area contributed by atoms with Crippen LogP contribution in [0.5, 0.6) is 0 Å². The van der Waals surface area contributed by atoms with Crippen molar-refractivity contribution in [2.24, 2.45) is 5.41 Å². The van der Waals surface area contributed by atoms with E-state index in [1.807, 2.05) is 30.3 Å². The van der Waals surface area contributed by atoms with Gasteiger partial charge in [-0.25, -0.2) is 4.79 Å². The lowest BCUT2D eigenvalue weighted by molar-refractivity contribution is -0.00756. The zero-order chi connectivity index (χ0) is 17.8. The summed E-state index contributed by atoms with van der Waals surface area (Å²) in [6.45, 7) is 1.38. The summed E-state index contributed by atoms with van der Waals surface area (Å²) < 4.78 is 5.30. The van der Waals surface area contributed by atoms with Crippen LogP contribution in [0.3, 0.4) is 0 Å². The first-order valence-corrected chi connectivity index (χ1v) is 9.37. The number of benzene rings is 1. The van der Waals surface area contributed by atoms with Gasteiger partial charge in [-0.15, -0.1) is 0 Å². The molecule has 2 saturated carbocycles. The number of aliphatic hydroxyl groups is 1. The molecule has 0 atom stereocenters. The third-order valence-electron chi connectivity index (χ3n) is 5.95. The number of carbonyl (C=O) groups is 1. The van der Waals surface area contributed by atoms with Crippen LogP contribution >= 0.6 is 0 Å². The van der Waals surface area contributed by atoms with Crippen molar-refractivity contribution in [1.29, 1.82) is 0 Å². The Morgan fingerprint density at radius 1 is 1.20 bits per heavy atom. The highest BCUT2D eigenvalue weighted by Gasteiger charge is 2.38. The van der Waals surface area contributed by atoms with Crippen LogP contribution in [-0.2, 0) is 10.3 Å². The van der Waals surface area contributed by atoms with Gasteiger partial charge in [-0.2, -0.15) is 0 Å². The van der Waals surface area contributed by atoms with Crippen molar-refractivity contribution in [3.63, 3.8) is 0 Å². The van der Waals surface area contributed by atoms with E-state index in [-0.39, 0.29) is 17.5 Å². The molecule has 0 radical (unpaired) electrons. The van der Waals surface area contributed by atoms with Crippen molar-refractivity contribution in [1.82, 2.24) is 10.6 Å². The van der Waals surface area contributed by atoms with Crippen molar-refractivity contribution in [3.8, 4) is 0 Å². The van der Waals surface area contributed by atoms with E-state index in [4.69, 9.17) is 4.74 Å². The predicted molar refractivity (Wildman–Crippen MR) is 97.3 cm³/mol. The molecular weight excluding hydrogens is 316 g/mol. The fraction of sp³-hybridized carbons (Fsp3) is 0.650. The van der Waals surface area contributed by atoms with Crippen molar-refractivity contribution in [2.45, 2.75) is 56.6 Å². The van der Waals surface area contributed by atoms with Crippen molar-refractivity contribution < 1.29 is 14.6 Å². The topological polar surface area (TPSA) is 70.6 Å². The number of rotatable bonds is 6. The molecule has 3 rings (SSSR count). The van der Waals surface area contributed by atoms with Crippen molar-refractivity contribution >= 4 is 6.03 Å². The second kappa shape index (κ2) is 7.75. The van der Waals surface area contributed by atoms with Gasteiger partial charge in [-0.1, -0.05) is 36.8 Å². The van der Waals surface area contributed by atoms with Crippen LogP contribution in [0.1, 0.15) is 50.5 Å². The molecule has 25 heavy (non-hydrogen) atoms. The normalized spacial score (nSPS) is 28.0. The highest BCUT2D eigenvalue weighted by molar-refractivity contribution is 5.74. The Labute approximate surface area is 150 Å². The van der Waals surface area contributed by atoms with E-state index in [1.165, 1.54) is 6.42 Å². The first kappa shape index (κ1) is 18.2. The molecule has 0 aliphatic heterocycles. The molecule has 0 spiro atoms. The Morgan fingerprint density at radius 3 is 2.44 bits per heavy atom. The van der Waals surface area contributed by atoms with Crippen LogP contribution in [0.25, 0.3) is 0 Å². The second-order valence-corrected chi connectivity index (χ2v) is 7.79. The van der Waals surface area contributed by atoms with E-state index >= 15 is 0 Å². The first-order chi connectivity index (χ1) is 12.1. The van der Waals surface area contributed by atoms with E-state index in [1.54, 1.807) is 7.11 Å². The lowest BCUT2D eigenvalue weighted by Crippen LogP contribution is -2.50. The third-order valence-corrected chi connectivity index (χ3v) is 5.95. The van der Waals surface area contributed by atoms with Gasteiger partial charge in [0.2, 0.25) is 0 Å². The highest BCUT2D eigenvalue weighted by Crippen LogP contribution is 2.40. The number of amides is 2. The standard InChI is InChI=1S/C20H30N2O3/c1-25-15-19(10-5-11-19)14-21-18(23)22-17-8-12-20(24,13-9-17)16-6-3-2-4-7-16/h2-4,6-7,17,24H,5,8-15H2,1H3,(H2,21,22,23). The van der Waals surface area contributed by atoms with Crippen molar-refractivity contribution in [3.05, 3.63) is 35.9 Å². The van der Waals surface area contributed by atoms with Gasteiger partial charge in [0.05, 0.1) is 12.2 Å². The summed E-state index contributed by atoms with van der Waals surface area (Å²) in [6, 6.07) is 9.87. The molecule has 0 heterocycles. The minimum Gasteiger partial charge on any atom is -0.385 e. The predicted octanol–water partition coefficient (Wildman–Crippen LogP) is 2.93. The van der Waals surface area contributed by atoms with Gasteiger partial charge in [-0.05, 0) is 44.1 Å². The summed E-state index contributed by atoms with van der Waals surface area (Å²) in [4.78, 5) is 12.2. The van der Waals surface area contributed by atoms with E-state index < -0.39 is 5.60 Å². The number of urea groups is 1. The van der Waals surface area contributed by atoms with Gasteiger partial charge in [-0.3, -0.25) is 0 Å². The van der Waals surface area contributed by atoms with Crippen LogP contribution in [0.2, 0.25) is 0 Å². The molecule has 0 bridgehead atoms. The SMILES string of the molecule is COCC1(CNC(=O)NC2CCC(O)(c3ccccc3)CC2)CCC1. The average molecular weight is 346 g/mol. The fourth-order valence-electron chi connectivity index (χ4n) is 4.14. The number of hydrogen-bond donors (Lipinski definition) is 3. The maximum absolute atomic E-state index is 12.2. The van der Waals surface area contributed by atoms with Crippen LogP contribution in [-0.4, -0.2) is 37.4 Å². The number of ether oxygens (including phenoxy) is 1. The minimum absolute atomic E-state index is 0.0995. The molecule has 0 aromatic heterocycles. The summed E-state index contributed by atoms with van der Waals surface area (Å²) in [5, 5.41) is 16.9. The lowest BCUT2D eigenvalue weighted by Gasteiger charge is -2.41. The van der Waals surface area contributed by atoms with E-state index in [0.29, 0.717) is 26.0 Å². The summed E-state index contributed by atoms with van der Waals surface area (Å²) in [7, 11) is 1.72. The van der Waals surface area contributed by atoms with Crippen LogP contribution < -0.4 is 10.6 Å². The lowest BCUT2D eigenvalue weighted by atomic mass is 9.69. The van der Waals surface area contributed by atoms with Gasteiger partial charge in [0.1, 0.15) is 0 Å². The highest BCUT2D eigenvalue weighted by atomic mass is 16.5. The maximum Gasteiger partial charge on any atom is 0.315 e. The van der Waals surface area contributed by atoms with Gasteiger partial charge < -0.3 is 20.5 Å². The fourth-order valence-corrected chi connectivity index (χ4v) is 4.14. The van der Waals surface area contributed by atoms with Gasteiger partial charge in [0.15, 0.2) is 0 Å². The van der Waals surface area contributed by atoms with Gasteiger partial charge >= 0.3 is 6.03 Å². The number of methoxy groups -OCH3 is 1. The molecule has 2 aliphatic rings. The van der Waals surface area contributed by atoms with Crippen LogP contribution in [0.4, 0.5) is 4.79 Å². The molecule has 1 aromatic rings.